The third-order valence-corrected chi connectivity index (χ3v) is 5.05. The number of thioether (sulfide) groups is 1. The Morgan fingerprint density at radius 3 is 2.70 bits per heavy atom. The highest BCUT2D eigenvalue weighted by molar-refractivity contribution is 7.98. The summed E-state index contributed by atoms with van der Waals surface area (Å²) in [7, 11) is 0. The second kappa shape index (κ2) is 5.31. The van der Waals surface area contributed by atoms with E-state index in [1.807, 2.05) is 6.92 Å². The lowest BCUT2D eigenvalue weighted by Gasteiger charge is -2.00. The predicted molar refractivity (Wildman–Crippen MR) is 80.5 cm³/mol. The summed E-state index contributed by atoms with van der Waals surface area (Å²) in [6.45, 7) is 5.86. The molecule has 0 aliphatic heterocycles. The molecule has 0 spiro atoms. The molecule has 20 heavy (non-hydrogen) atoms. The van der Waals surface area contributed by atoms with Gasteiger partial charge in [0.15, 0.2) is 0 Å². The molecule has 3 heterocycles. The summed E-state index contributed by atoms with van der Waals surface area (Å²) in [4.78, 5) is 11.0. The minimum Gasteiger partial charge on any atom is -0.416 e. The SMILES string of the molecule is Cc1nnc(SCc2nc(Cl)c3c(C)c(C)sc3n2)o1. The first-order valence-electron chi connectivity index (χ1n) is 5.89. The van der Waals surface area contributed by atoms with E-state index in [1.165, 1.54) is 16.6 Å². The van der Waals surface area contributed by atoms with Crippen molar-refractivity contribution in [3.63, 3.8) is 0 Å². The molecular weight excluding hydrogens is 316 g/mol. The van der Waals surface area contributed by atoms with Gasteiger partial charge in [-0.1, -0.05) is 23.4 Å². The molecule has 3 rings (SSSR count). The number of hydrogen-bond acceptors (Lipinski definition) is 7. The van der Waals surface area contributed by atoms with E-state index in [9.17, 15) is 0 Å². The van der Waals surface area contributed by atoms with E-state index >= 15 is 0 Å². The van der Waals surface area contributed by atoms with E-state index in [2.05, 4.69) is 27.1 Å². The van der Waals surface area contributed by atoms with Crippen molar-refractivity contribution in [3.8, 4) is 0 Å². The molecule has 5 nitrogen and oxygen atoms in total. The van der Waals surface area contributed by atoms with Crippen LogP contribution < -0.4 is 0 Å². The maximum absolute atomic E-state index is 6.26. The Morgan fingerprint density at radius 1 is 1.20 bits per heavy atom. The van der Waals surface area contributed by atoms with Gasteiger partial charge in [0.1, 0.15) is 15.8 Å². The maximum atomic E-state index is 6.26. The van der Waals surface area contributed by atoms with Crippen LogP contribution >= 0.6 is 34.7 Å². The summed E-state index contributed by atoms with van der Waals surface area (Å²) < 4.78 is 5.30. The number of thiophene rings is 1. The Bertz CT molecular complexity index is 783. The third-order valence-electron chi connectivity index (χ3n) is 2.86. The molecule has 8 heteroatoms. The van der Waals surface area contributed by atoms with E-state index in [0.717, 1.165) is 15.8 Å². The zero-order valence-electron chi connectivity index (χ0n) is 11.1. The van der Waals surface area contributed by atoms with E-state index in [1.54, 1.807) is 18.3 Å². The number of aromatic nitrogens is 4. The predicted octanol–water partition coefficient (Wildman–Crippen LogP) is 3.95. The minimum absolute atomic E-state index is 0.508. The van der Waals surface area contributed by atoms with Gasteiger partial charge in [0, 0.05) is 11.8 Å². The van der Waals surface area contributed by atoms with Crippen LogP contribution in [-0.2, 0) is 5.75 Å². The fourth-order valence-corrected chi connectivity index (χ4v) is 3.86. The van der Waals surface area contributed by atoms with E-state index < -0.39 is 0 Å². The summed E-state index contributed by atoms with van der Waals surface area (Å²) >= 11 is 9.30. The van der Waals surface area contributed by atoms with Crippen LogP contribution in [0, 0.1) is 20.8 Å². The smallest absolute Gasteiger partial charge is 0.277 e. The first kappa shape index (κ1) is 13.8. The largest absolute Gasteiger partial charge is 0.416 e. The maximum Gasteiger partial charge on any atom is 0.277 e. The van der Waals surface area contributed by atoms with Crippen molar-refractivity contribution >= 4 is 44.9 Å². The van der Waals surface area contributed by atoms with Gasteiger partial charge in [-0.15, -0.1) is 21.5 Å². The van der Waals surface area contributed by atoms with Gasteiger partial charge < -0.3 is 4.42 Å². The van der Waals surface area contributed by atoms with Gasteiger partial charge in [-0.3, -0.25) is 0 Å². The molecule has 3 aromatic rings. The first-order chi connectivity index (χ1) is 9.54. The van der Waals surface area contributed by atoms with Crippen LogP contribution in [0.5, 0.6) is 0 Å². The van der Waals surface area contributed by atoms with Gasteiger partial charge in [0.25, 0.3) is 5.22 Å². The van der Waals surface area contributed by atoms with E-state index in [0.29, 0.717) is 27.8 Å². The van der Waals surface area contributed by atoms with Crippen molar-refractivity contribution in [3.05, 3.63) is 27.3 Å². The Morgan fingerprint density at radius 2 is 2.00 bits per heavy atom. The average molecular weight is 327 g/mol. The molecule has 0 amide bonds. The molecular formula is C12H11ClN4OS2. The van der Waals surface area contributed by atoms with Crippen molar-refractivity contribution in [2.24, 2.45) is 0 Å². The molecule has 0 aromatic carbocycles. The lowest BCUT2D eigenvalue weighted by molar-refractivity contribution is 0.429. The quantitative estimate of drug-likeness (QED) is 0.536. The van der Waals surface area contributed by atoms with Crippen molar-refractivity contribution < 1.29 is 4.42 Å². The van der Waals surface area contributed by atoms with E-state index in [4.69, 9.17) is 16.0 Å². The number of hydrogen-bond donors (Lipinski definition) is 0. The third kappa shape index (κ3) is 2.53. The topological polar surface area (TPSA) is 64.7 Å². The van der Waals surface area contributed by atoms with Gasteiger partial charge >= 0.3 is 0 Å². The minimum atomic E-state index is 0.508. The zero-order valence-corrected chi connectivity index (χ0v) is 13.5. The number of rotatable bonds is 3. The Kier molecular flexibility index (Phi) is 3.66. The Hall–Kier alpha value is -1.18. The molecule has 0 fully saturated rings. The van der Waals surface area contributed by atoms with Crippen LogP contribution in [-0.4, -0.2) is 20.2 Å². The highest BCUT2D eigenvalue weighted by Gasteiger charge is 2.14. The molecule has 0 aliphatic carbocycles. The normalized spacial score (nSPS) is 11.4. The van der Waals surface area contributed by atoms with Gasteiger partial charge in [0.2, 0.25) is 5.89 Å². The summed E-state index contributed by atoms with van der Waals surface area (Å²) in [5.41, 5.74) is 1.15. The summed E-state index contributed by atoms with van der Waals surface area (Å²) in [5.74, 6) is 1.77. The summed E-state index contributed by atoms with van der Waals surface area (Å²) in [6, 6.07) is 0. The fourth-order valence-electron chi connectivity index (χ4n) is 1.77. The second-order valence-electron chi connectivity index (χ2n) is 4.27. The summed E-state index contributed by atoms with van der Waals surface area (Å²) in [5, 5.41) is 9.68. The van der Waals surface area contributed by atoms with Gasteiger partial charge in [-0.05, 0) is 19.4 Å². The zero-order chi connectivity index (χ0) is 14.3. The Labute approximate surface area is 128 Å². The molecule has 3 aromatic heterocycles. The highest BCUT2D eigenvalue weighted by atomic mass is 35.5. The number of aryl methyl sites for hydroxylation is 3. The Balaban J connectivity index is 1.89. The first-order valence-corrected chi connectivity index (χ1v) is 8.07. The number of halogens is 1. The highest BCUT2D eigenvalue weighted by Crippen LogP contribution is 2.33. The van der Waals surface area contributed by atoms with Crippen LogP contribution in [0.3, 0.4) is 0 Å². The number of nitrogens with zero attached hydrogens (tertiary/aromatic N) is 4. The van der Waals surface area contributed by atoms with Crippen LogP contribution in [0.25, 0.3) is 10.2 Å². The van der Waals surface area contributed by atoms with Gasteiger partial charge in [-0.25, -0.2) is 9.97 Å². The monoisotopic (exact) mass is 326 g/mol. The van der Waals surface area contributed by atoms with Crippen LogP contribution in [0.15, 0.2) is 9.64 Å². The second-order valence-corrected chi connectivity index (χ2v) is 6.76. The molecule has 0 N–H and O–H groups in total. The molecule has 0 radical (unpaired) electrons. The molecule has 0 atom stereocenters. The lowest BCUT2D eigenvalue weighted by Crippen LogP contribution is -1.93. The van der Waals surface area contributed by atoms with Gasteiger partial charge in [0.05, 0.1) is 11.1 Å². The lowest BCUT2D eigenvalue weighted by atomic mass is 10.2. The fraction of sp³-hybridized carbons (Fsp3) is 0.333. The molecule has 0 bridgehead atoms. The molecule has 104 valence electrons. The molecule has 0 aliphatic rings. The summed E-state index contributed by atoms with van der Waals surface area (Å²) in [6.07, 6.45) is 0. The van der Waals surface area contributed by atoms with Crippen LogP contribution in [0.2, 0.25) is 5.15 Å². The molecule has 0 saturated heterocycles. The standard InChI is InChI=1S/C12H11ClN4OS2/c1-5-6(2)20-11-9(5)10(13)14-8(15-11)4-19-12-17-16-7(3)18-12/h4H2,1-3H3. The van der Waals surface area contributed by atoms with Gasteiger partial charge in [-0.2, -0.15) is 0 Å². The van der Waals surface area contributed by atoms with Crippen molar-refractivity contribution in [1.82, 2.24) is 20.2 Å². The van der Waals surface area contributed by atoms with E-state index in [-0.39, 0.29) is 0 Å². The van der Waals surface area contributed by atoms with Crippen molar-refractivity contribution in [2.75, 3.05) is 0 Å². The van der Waals surface area contributed by atoms with Crippen LogP contribution in [0.1, 0.15) is 22.2 Å². The molecule has 0 saturated carbocycles. The van der Waals surface area contributed by atoms with Crippen molar-refractivity contribution in [2.45, 2.75) is 31.7 Å². The van der Waals surface area contributed by atoms with Crippen molar-refractivity contribution in [1.29, 1.82) is 0 Å². The number of fused-ring (bicyclic) bond motifs is 1. The van der Waals surface area contributed by atoms with Crippen LogP contribution in [0.4, 0.5) is 0 Å². The average Bonchev–Trinajstić information content (AvgIpc) is 2.92. The molecule has 0 unspecified atom stereocenters.